The van der Waals surface area contributed by atoms with Crippen molar-refractivity contribution in [3.05, 3.63) is 23.9 Å². The Morgan fingerprint density at radius 2 is 2.14 bits per heavy atom. The summed E-state index contributed by atoms with van der Waals surface area (Å²) in [6.07, 6.45) is 2.84. The summed E-state index contributed by atoms with van der Waals surface area (Å²) in [6, 6.07) is 2.69. The van der Waals surface area contributed by atoms with E-state index in [1.807, 2.05) is 19.0 Å². The van der Waals surface area contributed by atoms with E-state index in [1.54, 1.807) is 0 Å². The number of likely N-dealkylation sites (N-methyl/N-ethyl adjacent to an activating group) is 1. The first-order valence-electron chi connectivity index (χ1n) is 6.68. The first-order chi connectivity index (χ1) is 9.82. The molecule has 116 valence electrons. The Kier molecular flexibility index (Phi) is 4.60. The van der Waals surface area contributed by atoms with Gasteiger partial charge < -0.3 is 10.0 Å². The van der Waals surface area contributed by atoms with Gasteiger partial charge in [-0.15, -0.1) is 0 Å². The summed E-state index contributed by atoms with van der Waals surface area (Å²) in [6.45, 7) is 0.896. The van der Waals surface area contributed by atoms with Crippen LogP contribution in [0.3, 0.4) is 0 Å². The van der Waals surface area contributed by atoms with E-state index in [0.717, 1.165) is 19.0 Å². The van der Waals surface area contributed by atoms with Crippen molar-refractivity contribution in [1.82, 2.24) is 14.2 Å². The highest BCUT2D eigenvalue weighted by Crippen LogP contribution is 2.21. The molecule has 1 saturated heterocycles. The van der Waals surface area contributed by atoms with Gasteiger partial charge in [0.25, 0.3) is 10.0 Å². The number of aromatic nitrogens is 1. The van der Waals surface area contributed by atoms with Gasteiger partial charge in [-0.3, -0.25) is 0 Å². The predicted octanol–water partition coefficient (Wildman–Crippen LogP) is 0.494. The third kappa shape index (κ3) is 3.39. The number of hydrogen-bond donors (Lipinski definition) is 1. The molecule has 1 aliphatic rings. The average molecular weight is 313 g/mol. The lowest BCUT2D eigenvalue weighted by atomic mass is 10.1. The molecule has 0 bridgehead atoms. The Morgan fingerprint density at radius 1 is 1.43 bits per heavy atom. The number of piperidine rings is 1. The number of carboxylic acid groups (broad SMARTS) is 1. The minimum absolute atomic E-state index is 0.0289. The highest BCUT2D eigenvalue weighted by atomic mass is 32.2. The molecule has 0 aromatic carbocycles. The molecule has 21 heavy (non-hydrogen) atoms. The maximum atomic E-state index is 12.5. The van der Waals surface area contributed by atoms with Crippen molar-refractivity contribution < 1.29 is 18.3 Å². The number of carboxylic acids is 1. The van der Waals surface area contributed by atoms with E-state index in [2.05, 4.69) is 4.98 Å². The third-order valence-corrected chi connectivity index (χ3v) is 5.46. The molecule has 0 aliphatic carbocycles. The van der Waals surface area contributed by atoms with Crippen molar-refractivity contribution in [3.63, 3.8) is 0 Å². The van der Waals surface area contributed by atoms with Crippen LogP contribution in [0, 0.1) is 0 Å². The van der Waals surface area contributed by atoms with Gasteiger partial charge in [0.1, 0.15) is 0 Å². The molecule has 2 rings (SSSR count). The number of nitrogens with zero attached hydrogens (tertiary/aromatic N) is 3. The molecule has 0 spiro atoms. The van der Waals surface area contributed by atoms with Crippen LogP contribution in [0.15, 0.2) is 23.4 Å². The first kappa shape index (κ1) is 15.9. The van der Waals surface area contributed by atoms with Crippen LogP contribution in [0.25, 0.3) is 0 Å². The second-order valence-corrected chi connectivity index (χ2v) is 7.20. The highest BCUT2D eigenvalue weighted by molar-refractivity contribution is 7.89. The Labute approximate surface area is 124 Å². The van der Waals surface area contributed by atoms with E-state index >= 15 is 0 Å². The van der Waals surface area contributed by atoms with Crippen LogP contribution in [0.1, 0.15) is 23.2 Å². The third-order valence-electron chi connectivity index (χ3n) is 3.68. The van der Waals surface area contributed by atoms with Gasteiger partial charge in [0.15, 0.2) is 5.03 Å². The van der Waals surface area contributed by atoms with E-state index in [1.165, 1.54) is 16.4 Å². The number of aromatic carboxylic acids is 1. The molecule has 1 aliphatic heterocycles. The molecule has 1 fully saturated rings. The van der Waals surface area contributed by atoms with Gasteiger partial charge in [0, 0.05) is 25.3 Å². The van der Waals surface area contributed by atoms with Gasteiger partial charge in [-0.05, 0) is 39.1 Å². The quantitative estimate of drug-likeness (QED) is 0.870. The van der Waals surface area contributed by atoms with Crippen LogP contribution in [0.4, 0.5) is 0 Å². The minimum Gasteiger partial charge on any atom is -0.478 e. The fraction of sp³-hybridized carbons (Fsp3) is 0.538. The number of rotatable bonds is 4. The van der Waals surface area contributed by atoms with Crippen molar-refractivity contribution in [2.45, 2.75) is 23.9 Å². The summed E-state index contributed by atoms with van der Waals surface area (Å²) in [4.78, 5) is 16.6. The molecule has 1 unspecified atom stereocenters. The monoisotopic (exact) mass is 313 g/mol. The summed E-state index contributed by atoms with van der Waals surface area (Å²) in [5, 5.41) is 8.71. The van der Waals surface area contributed by atoms with Gasteiger partial charge in [-0.2, -0.15) is 4.31 Å². The number of hydrogen-bond acceptors (Lipinski definition) is 5. The molecular formula is C13H19N3O4S. The summed E-state index contributed by atoms with van der Waals surface area (Å²) in [7, 11) is 0.194. The molecule has 0 saturated carbocycles. The molecular weight excluding hydrogens is 294 g/mol. The van der Waals surface area contributed by atoms with Crippen molar-refractivity contribution in [3.8, 4) is 0 Å². The summed E-state index contributed by atoms with van der Waals surface area (Å²) in [5.41, 5.74) is -0.0289. The number of carbonyl (C=O) groups is 1. The molecule has 1 aromatic heterocycles. The molecule has 2 heterocycles. The van der Waals surface area contributed by atoms with Crippen LogP contribution in [-0.2, 0) is 10.0 Å². The second kappa shape index (κ2) is 6.08. The Morgan fingerprint density at radius 3 is 2.67 bits per heavy atom. The number of sulfonamides is 1. The van der Waals surface area contributed by atoms with Crippen molar-refractivity contribution in [2.75, 3.05) is 27.2 Å². The van der Waals surface area contributed by atoms with E-state index in [9.17, 15) is 13.2 Å². The first-order valence-corrected chi connectivity index (χ1v) is 8.12. The molecule has 1 atom stereocenters. The summed E-state index contributed by atoms with van der Waals surface area (Å²) >= 11 is 0. The molecule has 0 amide bonds. The molecule has 1 aromatic rings. The maximum Gasteiger partial charge on any atom is 0.337 e. The minimum atomic E-state index is -3.67. The predicted molar refractivity (Wildman–Crippen MR) is 76.7 cm³/mol. The van der Waals surface area contributed by atoms with Crippen LogP contribution in [0.2, 0.25) is 0 Å². The molecule has 7 nitrogen and oxygen atoms in total. The van der Waals surface area contributed by atoms with Gasteiger partial charge in [-0.1, -0.05) is 0 Å². The van der Waals surface area contributed by atoms with E-state index in [-0.39, 0.29) is 16.6 Å². The van der Waals surface area contributed by atoms with Crippen molar-refractivity contribution in [2.24, 2.45) is 0 Å². The normalized spacial score (nSPS) is 20.6. The van der Waals surface area contributed by atoms with Gasteiger partial charge >= 0.3 is 5.97 Å². The Bertz CT molecular complexity index is 613. The average Bonchev–Trinajstić information content (AvgIpc) is 2.47. The van der Waals surface area contributed by atoms with Crippen molar-refractivity contribution >= 4 is 16.0 Å². The van der Waals surface area contributed by atoms with Gasteiger partial charge in [0.2, 0.25) is 0 Å². The van der Waals surface area contributed by atoms with Gasteiger partial charge in [-0.25, -0.2) is 18.2 Å². The maximum absolute atomic E-state index is 12.5. The fourth-order valence-corrected chi connectivity index (χ4v) is 3.78. The summed E-state index contributed by atoms with van der Waals surface area (Å²) < 4.78 is 26.5. The lowest BCUT2D eigenvalue weighted by Gasteiger charge is -2.35. The zero-order valence-electron chi connectivity index (χ0n) is 12.1. The van der Waals surface area contributed by atoms with Crippen LogP contribution in [0.5, 0.6) is 0 Å². The van der Waals surface area contributed by atoms with Crippen LogP contribution >= 0.6 is 0 Å². The zero-order chi connectivity index (χ0) is 15.6. The SMILES string of the molecule is CN(C)C1CCCN(S(=O)(=O)c2ccc(C(=O)O)cn2)C1. The molecule has 0 radical (unpaired) electrons. The fourth-order valence-electron chi connectivity index (χ4n) is 2.35. The largest absolute Gasteiger partial charge is 0.478 e. The number of pyridine rings is 1. The summed E-state index contributed by atoms with van der Waals surface area (Å²) in [5.74, 6) is -1.13. The lowest BCUT2D eigenvalue weighted by molar-refractivity contribution is 0.0696. The van der Waals surface area contributed by atoms with E-state index < -0.39 is 16.0 Å². The molecule has 1 N–H and O–H groups in total. The Hall–Kier alpha value is -1.51. The van der Waals surface area contributed by atoms with Crippen LogP contribution in [-0.4, -0.2) is 66.9 Å². The van der Waals surface area contributed by atoms with E-state index in [0.29, 0.717) is 13.1 Å². The van der Waals surface area contributed by atoms with Crippen LogP contribution < -0.4 is 0 Å². The highest BCUT2D eigenvalue weighted by Gasteiger charge is 2.31. The standard InChI is InChI=1S/C13H19N3O4S/c1-15(2)11-4-3-7-16(9-11)21(19,20)12-6-5-10(8-14-12)13(17)18/h5-6,8,11H,3-4,7,9H2,1-2H3,(H,17,18). The smallest absolute Gasteiger partial charge is 0.337 e. The van der Waals surface area contributed by atoms with Gasteiger partial charge in [0.05, 0.1) is 5.56 Å². The molecule has 8 heteroatoms. The second-order valence-electron chi connectivity index (χ2n) is 5.31. The zero-order valence-corrected chi connectivity index (χ0v) is 12.9. The Balaban J connectivity index is 2.22. The van der Waals surface area contributed by atoms with Crippen molar-refractivity contribution in [1.29, 1.82) is 0 Å². The van der Waals surface area contributed by atoms with E-state index in [4.69, 9.17) is 5.11 Å². The lowest BCUT2D eigenvalue weighted by Crippen LogP contribution is -2.47. The topological polar surface area (TPSA) is 90.8 Å².